The number of ether oxygens (including phenoxy) is 2. The van der Waals surface area contributed by atoms with E-state index in [0.717, 1.165) is 31.9 Å². The fourth-order valence-electron chi connectivity index (χ4n) is 1.95. The molecule has 0 atom stereocenters. The molecule has 0 aliphatic carbocycles. The number of nitrogens with one attached hydrogen (secondary N) is 1. The minimum Gasteiger partial charge on any atom is -0.481 e. The van der Waals surface area contributed by atoms with Crippen molar-refractivity contribution in [3.8, 4) is 5.88 Å². The molecule has 0 amide bonds. The van der Waals surface area contributed by atoms with Gasteiger partial charge in [-0.1, -0.05) is 6.07 Å². The largest absolute Gasteiger partial charge is 0.481 e. The Hall–Kier alpha value is -1.85. The Bertz CT molecular complexity index is 525. The second-order valence-corrected chi connectivity index (χ2v) is 4.53. The summed E-state index contributed by atoms with van der Waals surface area (Å²) in [6, 6.07) is 7.92. The zero-order valence-electron chi connectivity index (χ0n) is 12.0. The molecule has 0 radical (unpaired) electrons. The van der Waals surface area contributed by atoms with E-state index in [1.807, 2.05) is 18.2 Å². The molecule has 0 unspecified atom stereocenters. The highest BCUT2D eigenvalue weighted by atomic mass is 16.5. The van der Waals surface area contributed by atoms with Gasteiger partial charge in [0, 0.05) is 38.7 Å². The second-order valence-electron chi connectivity index (χ2n) is 4.53. The van der Waals surface area contributed by atoms with Gasteiger partial charge < -0.3 is 19.4 Å². The van der Waals surface area contributed by atoms with E-state index in [-0.39, 0.29) is 0 Å². The maximum atomic E-state index is 5.13. The van der Waals surface area contributed by atoms with Crippen LogP contribution in [0.25, 0.3) is 0 Å². The summed E-state index contributed by atoms with van der Waals surface area (Å²) in [7, 11) is 3.34. The highest BCUT2D eigenvalue weighted by Crippen LogP contribution is 2.09. The third-order valence-electron chi connectivity index (χ3n) is 2.96. The predicted octanol–water partition coefficient (Wildman–Crippen LogP) is 1.68. The standard InChI is InChI=1S/C15H21N3O2/c1-19-9-7-16-10-13-6-8-18(11-13)12-14-4-3-5-15(17-14)20-2/h3-6,8,11,16H,7,9-10,12H2,1-2H3. The topological polar surface area (TPSA) is 48.3 Å². The summed E-state index contributed by atoms with van der Waals surface area (Å²) in [6.07, 6.45) is 4.19. The molecule has 2 rings (SSSR count). The normalized spacial score (nSPS) is 10.7. The van der Waals surface area contributed by atoms with Crippen LogP contribution in [0.2, 0.25) is 0 Å². The van der Waals surface area contributed by atoms with Crippen LogP contribution in [0.5, 0.6) is 5.88 Å². The number of methoxy groups -OCH3 is 2. The van der Waals surface area contributed by atoms with Crippen molar-refractivity contribution >= 4 is 0 Å². The molecule has 0 aromatic carbocycles. The van der Waals surface area contributed by atoms with E-state index in [1.54, 1.807) is 14.2 Å². The molecule has 1 N–H and O–H groups in total. The molecule has 0 saturated heterocycles. The molecule has 5 heteroatoms. The first-order valence-electron chi connectivity index (χ1n) is 6.66. The lowest BCUT2D eigenvalue weighted by Gasteiger charge is -2.05. The van der Waals surface area contributed by atoms with Crippen LogP contribution >= 0.6 is 0 Å². The molecule has 2 aromatic heterocycles. The summed E-state index contributed by atoms with van der Waals surface area (Å²) < 4.78 is 12.2. The van der Waals surface area contributed by atoms with Gasteiger partial charge in [-0.2, -0.15) is 0 Å². The molecule has 0 bridgehead atoms. The molecule has 0 spiro atoms. The van der Waals surface area contributed by atoms with Gasteiger partial charge in [0.25, 0.3) is 0 Å². The third kappa shape index (κ3) is 4.36. The van der Waals surface area contributed by atoms with Crippen molar-refractivity contribution in [2.45, 2.75) is 13.1 Å². The molecule has 2 heterocycles. The van der Waals surface area contributed by atoms with Gasteiger partial charge in [-0.15, -0.1) is 0 Å². The lowest BCUT2D eigenvalue weighted by Crippen LogP contribution is -2.18. The third-order valence-corrected chi connectivity index (χ3v) is 2.96. The summed E-state index contributed by atoms with van der Waals surface area (Å²) in [5.74, 6) is 0.649. The van der Waals surface area contributed by atoms with Crippen LogP contribution in [-0.2, 0) is 17.8 Å². The zero-order chi connectivity index (χ0) is 14.2. The van der Waals surface area contributed by atoms with Crippen LogP contribution in [0.4, 0.5) is 0 Å². The number of hydrogen-bond acceptors (Lipinski definition) is 4. The van der Waals surface area contributed by atoms with Crippen molar-refractivity contribution in [1.82, 2.24) is 14.9 Å². The highest BCUT2D eigenvalue weighted by Gasteiger charge is 2.01. The van der Waals surface area contributed by atoms with Gasteiger partial charge in [-0.05, 0) is 17.7 Å². The van der Waals surface area contributed by atoms with Crippen molar-refractivity contribution in [3.05, 3.63) is 47.9 Å². The number of pyridine rings is 1. The molecule has 108 valence electrons. The summed E-state index contributed by atoms with van der Waals surface area (Å²) in [4.78, 5) is 4.41. The average Bonchev–Trinajstić information content (AvgIpc) is 2.91. The Balaban J connectivity index is 1.88. The van der Waals surface area contributed by atoms with Crippen molar-refractivity contribution in [2.24, 2.45) is 0 Å². The Morgan fingerprint density at radius 2 is 2.15 bits per heavy atom. The smallest absolute Gasteiger partial charge is 0.213 e. The maximum Gasteiger partial charge on any atom is 0.213 e. The summed E-state index contributed by atoms with van der Waals surface area (Å²) in [5.41, 5.74) is 2.24. The lowest BCUT2D eigenvalue weighted by molar-refractivity contribution is 0.199. The number of rotatable bonds is 8. The molecule has 5 nitrogen and oxygen atoms in total. The number of nitrogens with zero attached hydrogens (tertiary/aromatic N) is 2. The van der Waals surface area contributed by atoms with E-state index >= 15 is 0 Å². The Labute approximate surface area is 119 Å². The fraction of sp³-hybridized carbons (Fsp3) is 0.400. The van der Waals surface area contributed by atoms with Gasteiger partial charge in [0.1, 0.15) is 0 Å². The molecule has 2 aromatic rings. The lowest BCUT2D eigenvalue weighted by atomic mass is 10.3. The van der Waals surface area contributed by atoms with E-state index in [0.29, 0.717) is 5.88 Å². The van der Waals surface area contributed by atoms with Crippen LogP contribution in [0.15, 0.2) is 36.7 Å². The zero-order valence-corrected chi connectivity index (χ0v) is 12.0. The van der Waals surface area contributed by atoms with Gasteiger partial charge in [0.2, 0.25) is 5.88 Å². The number of hydrogen-bond donors (Lipinski definition) is 1. The molecule has 0 saturated carbocycles. The summed E-state index contributed by atoms with van der Waals surface area (Å²) >= 11 is 0. The van der Waals surface area contributed by atoms with Crippen molar-refractivity contribution in [3.63, 3.8) is 0 Å². The first kappa shape index (κ1) is 14.6. The molecule has 0 aliphatic heterocycles. The van der Waals surface area contributed by atoms with E-state index in [2.05, 4.69) is 33.3 Å². The van der Waals surface area contributed by atoms with E-state index in [4.69, 9.17) is 9.47 Å². The average molecular weight is 275 g/mol. The van der Waals surface area contributed by atoms with Crippen molar-refractivity contribution < 1.29 is 9.47 Å². The van der Waals surface area contributed by atoms with Crippen LogP contribution in [-0.4, -0.2) is 36.9 Å². The second kappa shape index (κ2) is 7.67. The first-order chi connectivity index (χ1) is 9.81. The van der Waals surface area contributed by atoms with Gasteiger partial charge >= 0.3 is 0 Å². The SMILES string of the molecule is COCCNCc1ccn(Cc2cccc(OC)n2)c1. The molecule has 20 heavy (non-hydrogen) atoms. The van der Waals surface area contributed by atoms with Gasteiger partial charge in [0.05, 0.1) is 26.0 Å². The minimum absolute atomic E-state index is 0.649. The van der Waals surface area contributed by atoms with Crippen LogP contribution in [0.3, 0.4) is 0 Å². The van der Waals surface area contributed by atoms with Crippen molar-refractivity contribution in [1.29, 1.82) is 0 Å². The van der Waals surface area contributed by atoms with E-state index < -0.39 is 0 Å². The Kier molecular flexibility index (Phi) is 5.58. The summed E-state index contributed by atoms with van der Waals surface area (Å²) in [6.45, 7) is 3.19. The van der Waals surface area contributed by atoms with Crippen LogP contribution in [0.1, 0.15) is 11.3 Å². The summed E-state index contributed by atoms with van der Waals surface area (Å²) in [5, 5.41) is 3.32. The predicted molar refractivity (Wildman–Crippen MR) is 77.9 cm³/mol. The van der Waals surface area contributed by atoms with E-state index in [1.165, 1.54) is 5.56 Å². The monoisotopic (exact) mass is 275 g/mol. The van der Waals surface area contributed by atoms with Crippen LogP contribution in [0, 0.1) is 0 Å². The fourth-order valence-corrected chi connectivity index (χ4v) is 1.95. The Morgan fingerprint density at radius 1 is 1.25 bits per heavy atom. The van der Waals surface area contributed by atoms with Gasteiger partial charge in [0.15, 0.2) is 0 Å². The first-order valence-corrected chi connectivity index (χ1v) is 6.66. The van der Waals surface area contributed by atoms with E-state index in [9.17, 15) is 0 Å². The maximum absolute atomic E-state index is 5.13. The molecular weight excluding hydrogens is 254 g/mol. The molecule has 0 fully saturated rings. The van der Waals surface area contributed by atoms with Gasteiger partial charge in [-0.25, -0.2) is 4.98 Å². The highest BCUT2D eigenvalue weighted by molar-refractivity contribution is 5.17. The molecular formula is C15H21N3O2. The van der Waals surface area contributed by atoms with Crippen LogP contribution < -0.4 is 10.1 Å². The number of aromatic nitrogens is 2. The van der Waals surface area contributed by atoms with Gasteiger partial charge in [-0.3, -0.25) is 0 Å². The van der Waals surface area contributed by atoms with Crippen molar-refractivity contribution in [2.75, 3.05) is 27.4 Å². The molecule has 0 aliphatic rings. The minimum atomic E-state index is 0.649. The Morgan fingerprint density at radius 3 is 2.95 bits per heavy atom. The quantitative estimate of drug-likeness (QED) is 0.745.